The zero-order chi connectivity index (χ0) is 28.5. The highest BCUT2D eigenvalue weighted by atomic mass is 16.5. The average molecular weight is 549 g/mol. The topological polar surface area (TPSA) is 26.3 Å². The van der Waals surface area contributed by atoms with Crippen LogP contribution in [0.1, 0.15) is 207 Å². The molecule has 0 aliphatic carbocycles. The Balaban J connectivity index is 3.16. The molecule has 0 saturated carbocycles. The molecule has 0 saturated heterocycles. The molecule has 39 heavy (non-hydrogen) atoms. The molecule has 0 spiro atoms. The van der Waals surface area contributed by atoms with Crippen LogP contribution in [0.5, 0.6) is 0 Å². The van der Waals surface area contributed by atoms with Crippen molar-refractivity contribution in [1.29, 1.82) is 0 Å². The number of hydrogen-bond acceptors (Lipinski definition) is 2. The standard InChI is InChI=1S/C37H72O2/c1-4-5-6-7-8-9-18-22-25-28-31-34-37(38)39-35-32-29-26-23-20-17-15-13-11-10-12-14-16-19-21-24-27-30-33-36(2)3/h7-8,36H,4-6,9-35H2,1-3H3. The molecule has 0 rings (SSSR count). The molecule has 0 heterocycles. The first-order chi connectivity index (χ1) is 19.2. The Bertz CT molecular complexity index is 496. The minimum Gasteiger partial charge on any atom is -0.466 e. The summed E-state index contributed by atoms with van der Waals surface area (Å²) < 4.78 is 5.43. The van der Waals surface area contributed by atoms with E-state index in [0.29, 0.717) is 13.0 Å². The number of ether oxygens (including phenoxy) is 1. The van der Waals surface area contributed by atoms with Crippen LogP contribution >= 0.6 is 0 Å². The van der Waals surface area contributed by atoms with Crippen molar-refractivity contribution in [2.45, 2.75) is 207 Å². The molecule has 0 radical (unpaired) electrons. The second-order valence-corrected chi connectivity index (χ2v) is 12.7. The molecule has 0 amide bonds. The molecule has 0 unspecified atom stereocenters. The van der Waals surface area contributed by atoms with E-state index in [9.17, 15) is 4.79 Å². The van der Waals surface area contributed by atoms with Gasteiger partial charge in [0.1, 0.15) is 0 Å². The van der Waals surface area contributed by atoms with Crippen molar-refractivity contribution in [3.05, 3.63) is 12.2 Å². The lowest BCUT2D eigenvalue weighted by Crippen LogP contribution is -2.05. The Morgan fingerprint density at radius 1 is 0.513 bits per heavy atom. The molecule has 0 aromatic rings. The fraction of sp³-hybridized carbons (Fsp3) is 0.919. The number of rotatable bonds is 32. The predicted octanol–water partition coefficient (Wildman–Crippen LogP) is 13.1. The summed E-state index contributed by atoms with van der Waals surface area (Å²) in [5.41, 5.74) is 0. The molecule has 0 fully saturated rings. The number of allylic oxidation sites excluding steroid dienone is 2. The molecule has 0 atom stereocenters. The summed E-state index contributed by atoms with van der Waals surface area (Å²) >= 11 is 0. The van der Waals surface area contributed by atoms with Crippen molar-refractivity contribution >= 4 is 5.97 Å². The van der Waals surface area contributed by atoms with E-state index in [1.807, 2.05) is 0 Å². The van der Waals surface area contributed by atoms with E-state index in [1.165, 1.54) is 161 Å². The maximum Gasteiger partial charge on any atom is 0.305 e. The highest BCUT2D eigenvalue weighted by Gasteiger charge is 2.02. The first-order valence-corrected chi connectivity index (χ1v) is 18.0. The van der Waals surface area contributed by atoms with E-state index in [0.717, 1.165) is 25.2 Å². The lowest BCUT2D eigenvalue weighted by molar-refractivity contribution is -0.143. The number of esters is 1. The highest BCUT2D eigenvalue weighted by Crippen LogP contribution is 2.15. The SMILES string of the molecule is CCCCC=CCCCCCCCC(=O)OCCCCCCCCCCCCCCCCCCCCC(C)C. The van der Waals surface area contributed by atoms with Crippen LogP contribution in [-0.4, -0.2) is 12.6 Å². The molecule has 0 N–H and O–H groups in total. The number of hydrogen-bond donors (Lipinski definition) is 0. The third kappa shape index (κ3) is 35.2. The van der Waals surface area contributed by atoms with Crippen molar-refractivity contribution < 1.29 is 9.53 Å². The van der Waals surface area contributed by atoms with Gasteiger partial charge in [-0.05, 0) is 38.0 Å². The van der Waals surface area contributed by atoms with Gasteiger partial charge in [-0.3, -0.25) is 4.79 Å². The summed E-state index contributed by atoms with van der Waals surface area (Å²) in [6.45, 7) is 7.54. The molecule has 0 bridgehead atoms. The second-order valence-electron chi connectivity index (χ2n) is 12.7. The summed E-state index contributed by atoms with van der Waals surface area (Å²) in [5, 5.41) is 0. The van der Waals surface area contributed by atoms with Crippen molar-refractivity contribution in [2.75, 3.05) is 6.61 Å². The molecular weight excluding hydrogens is 476 g/mol. The van der Waals surface area contributed by atoms with Gasteiger partial charge in [0.2, 0.25) is 0 Å². The van der Waals surface area contributed by atoms with Crippen LogP contribution < -0.4 is 0 Å². The number of unbranched alkanes of at least 4 members (excludes halogenated alkanes) is 24. The smallest absolute Gasteiger partial charge is 0.305 e. The van der Waals surface area contributed by atoms with Crippen LogP contribution in [0, 0.1) is 5.92 Å². The van der Waals surface area contributed by atoms with Gasteiger partial charge in [0, 0.05) is 6.42 Å². The quantitative estimate of drug-likeness (QED) is 0.0474. The second kappa shape index (κ2) is 33.4. The Kier molecular flexibility index (Phi) is 32.7. The van der Waals surface area contributed by atoms with E-state index < -0.39 is 0 Å². The summed E-state index contributed by atoms with van der Waals surface area (Å²) in [4.78, 5) is 11.9. The van der Waals surface area contributed by atoms with E-state index in [-0.39, 0.29) is 5.97 Å². The molecule has 0 aromatic heterocycles. The number of carbonyl (C=O) groups is 1. The molecule has 2 heteroatoms. The van der Waals surface area contributed by atoms with Gasteiger partial charge >= 0.3 is 5.97 Å². The van der Waals surface area contributed by atoms with Crippen molar-refractivity contribution in [2.24, 2.45) is 5.92 Å². The van der Waals surface area contributed by atoms with Crippen LogP contribution in [0.3, 0.4) is 0 Å². The van der Waals surface area contributed by atoms with Gasteiger partial charge in [0.05, 0.1) is 6.61 Å². The highest BCUT2D eigenvalue weighted by molar-refractivity contribution is 5.69. The summed E-state index contributed by atoms with van der Waals surface area (Å²) in [6, 6.07) is 0. The van der Waals surface area contributed by atoms with Gasteiger partial charge in [0.25, 0.3) is 0 Å². The molecule has 232 valence electrons. The molecule has 0 aromatic carbocycles. The van der Waals surface area contributed by atoms with Gasteiger partial charge in [-0.1, -0.05) is 181 Å². The largest absolute Gasteiger partial charge is 0.466 e. The van der Waals surface area contributed by atoms with Gasteiger partial charge in [-0.15, -0.1) is 0 Å². The van der Waals surface area contributed by atoms with Gasteiger partial charge in [-0.2, -0.15) is 0 Å². The van der Waals surface area contributed by atoms with Crippen LogP contribution in [-0.2, 0) is 9.53 Å². The summed E-state index contributed by atoms with van der Waals surface area (Å²) in [7, 11) is 0. The van der Waals surface area contributed by atoms with E-state index in [4.69, 9.17) is 4.74 Å². The monoisotopic (exact) mass is 549 g/mol. The van der Waals surface area contributed by atoms with E-state index >= 15 is 0 Å². The fourth-order valence-electron chi connectivity index (χ4n) is 5.36. The fourth-order valence-corrected chi connectivity index (χ4v) is 5.36. The minimum atomic E-state index is 0.0152. The van der Waals surface area contributed by atoms with Gasteiger partial charge in [-0.25, -0.2) is 0 Å². The third-order valence-electron chi connectivity index (χ3n) is 8.08. The zero-order valence-electron chi connectivity index (χ0n) is 27.3. The Morgan fingerprint density at radius 2 is 0.897 bits per heavy atom. The van der Waals surface area contributed by atoms with Gasteiger partial charge in [0.15, 0.2) is 0 Å². The molecule has 0 aliphatic heterocycles. The minimum absolute atomic E-state index is 0.0152. The Labute approximate surface area is 246 Å². The van der Waals surface area contributed by atoms with Gasteiger partial charge < -0.3 is 4.74 Å². The molecule has 2 nitrogen and oxygen atoms in total. The summed E-state index contributed by atoms with van der Waals surface area (Å²) in [6.07, 6.45) is 42.8. The Hall–Kier alpha value is -0.790. The van der Waals surface area contributed by atoms with Crippen molar-refractivity contribution in [1.82, 2.24) is 0 Å². The maximum atomic E-state index is 11.9. The third-order valence-corrected chi connectivity index (χ3v) is 8.08. The van der Waals surface area contributed by atoms with Crippen molar-refractivity contribution in [3.63, 3.8) is 0 Å². The summed E-state index contributed by atoms with van der Waals surface area (Å²) in [5.74, 6) is 0.897. The van der Waals surface area contributed by atoms with E-state index in [1.54, 1.807) is 0 Å². The lowest BCUT2D eigenvalue weighted by Gasteiger charge is -2.06. The molecular formula is C37H72O2. The first-order valence-electron chi connectivity index (χ1n) is 18.0. The normalized spacial score (nSPS) is 11.7. The van der Waals surface area contributed by atoms with Crippen LogP contribution in [0.4, 0.5) is 0 Å². The zero-order valence-corrected chi connectivity index (χ0v) is 27.3. The van der Waals surface area contributed by atoms with E-state index in [2.05, 4.69) is 32.9 Å². The Morgan fingerprint density at radius 3 is 1.36 bits per heavy atom. The van der Waals surface area contributed by atoms with Crippen molar-refractivity contribution in [3.8, 4) is 0 Å². The van der Waals surface area contributed by atoms with Crippen LogP contribution in [0.25, 0.3) is 0 Å². The van der Waals surface area contributed by atoms with Crippen LogP contribution in [0.15, 0.2) is 12.2 Å². The average Bonchev–Trinajstić information content (AvgIpc) is 2.92. The lowest BCUT2D eigenvalue weighted by atomic mass is 10.0. The first kappa shape index (κ1) is 38.2. The molecule has 0 aliphatic rings. The predicted molar refractivity (Wildman–Crippen MR) is 175 cm³/mol. The number of carbonyl (C=O) groups excluding carboxylic acids is 1. The maximum absolute atomic E-state index is 11.9. The van der Waals surface area contributed by atoms with Crippen LogP contribution in [0.2, 0.25) is 0 Å².